The SMILES string of the molecule is CC1CCCC(CN)(NC(=O)c2cncnc2)C1. The first-order valence-electron chi connectivity index (χ1n) is 6.43. The Kier molecular flexibility index (Phi) is 3.91. The van der Waals surface area contributed by atoms with E-state index in [0.717, 1.165) is 19.3 Å². The normalized spacial score (nSPS) is 27.8. The number of hydrogen-bond acceptors (Lipinski definition) is 4. The molecule has 1 aromatic rings. The molecule has 0 spiro atoms. The van der Waals surface area contributed by atoms with Gasteiger partial charge in [-0.2, -0.15) is 0 Å². The summed E-state index contributed by atoms with van der Waals surface area (Å²) in [5.74, 6) is 0.477. The molecule has 1 fully saturated rings. The van der Waals surface area contributed by atoms with Gasteiger partial charge in [0.1, 0.15) is 6.33 Å². The second kappa shape index (κ2) is 5.44. The third-order valence-corrected chi connectivity index (χ3v) is 3.68. The van der Waals surface area contributed by atoms with E-state index in [1.54, 1.807) is 0 Å². The van der Waals surface area contributed by atoms with Crippen molar-refractivity contribution in [3.05, 3.63) is 24.3 Å². The summed E-state index contributed by atoms with van der Waals surface area (Å²) in [6.07, 6.45) is 8.70. The van der Waals surface area contributed by atoms with Gasteiger partial charge in [-0.25, -0.2) is 9.97 Å². The van der Waals surface area contributed by atoms with E-state index in [-0.39, 0.29) is 11.4 Å². The molecule has 98 valence electrons. The Morgan fingerprint density at radius 2 is 2.28 bits per heavy atom. The van der Waals surface area contributed by atoms with Crippen molar-refractivity contribution in [1.29, 1.82) is 0 Å². The molecule has 3 N–H and O–H groups in total. The number of rotatable bonds is 3. The first kappa shape index (κ1) is 13.0. The summed E-state index contributed by atoms with van der Waals surface area (Å²) in [5.41, 5.74) is 6.11. The van der Waals surface area contributed by atoms with Crippen molar-refractivity contribution in [2.75, 3.05) is 6.54 Å². The van der Waals surface area contributed by atoms with Crippen LogP contribution >= 0.6 is 0 Å². The Morgan fingerprint density at radius 1 is 1.56 bits per heavy atom. The predicted octanol–water partition coefficient (Wildman–Crippen LogP) is 1.11. The number of carbonyl (C=O) groups excluding carboxylic acids is 1. The molecule has 1 aliphatic rings. The van der Waals surface area contributed by atoms with E-state index in [1.807, 2.05) is 0 Å². The fourth-order valence-corrected chi connectivity index (χ4v) is 2.74. The molecular formula is C13H20N4O. The molecule has 5 heteroatoms. The van der Waals surface area contributed by atoms with Gasteiger partial charge in [0.25, 0.3) is 5.91 Å². The maximum absolute atomic E-state index is 12.1. The Hall–Kier alpha value is -1.49. The number of nitrogens with one attached hydrogen (secondary N) is 1. The number of nitrogens with zero attached hydrogens (tertiary/aromatic N) is 2. The number of carbonyl (C=O) groups is 1. The summed E-state index contributed by atoms with van der Waals surface area (Å²) in [6.45, 7) is 2.69. The maximum Gasteiger partial charge on any atom is 0.254 e. The molecule has 2 unspecified atom stereocenters. The number of aromatic nitrogens is 2. The molecule has 5 nitrogen and oxygen atoms in total. The molecule has 1 aliphatic carbocycles. The Bertz CT molecular complexity index is 409. The number of amides is 1. The van der Waals surface area contributed by atoms with Crippen LogP contribution in [0.5, 0.6) is 0 Å². The lowest BCUT2D eigenvalue weighted by atomic mass is 9.76. The zero-order chi connectivity index (χ0) is 13.0. The van der Waals surface area contributed by atoms with Crippen LogP contribution < -0.4 is 11.1 Å². The highest BCUT2D eigenvalue weighted by molar-refractivity contribution is 5.94. The van der Waals surface area contributed by atoms with Crippen LogP contribution in [0.2, 0.25) is 0 Å². The van der Waals surface area contributed by atoms with Gasteiger partial charge >= 0.3 is 0 Å². The average Bonchev–Trinajstić information content (AvgIpc) is 2.39. The molecule has 0 aliphatic heterocycles. The Morgan fingerprint density at radius 3 is 2.89 bits per heavy atom. The minimum atomic E-state index is -0.259. The van der Waals surface area contributed by atoms with Crippen molar-refractivity contribution >= 4 is 5.91 Å². The third-order valence-electron chi connectivity index (χ3n) is 3.68. The lowest BCUT2D eigenvalue weighted by Crippen LogP contribution is -2.56. The minimum Gasteiger partial charge on any atom is -0.345 e. The van der Waals surface area contributed by atoms with Crippen LogP contribution in [-0.2, 0) is 0 Å². The lowest BCUT2D eigenvalue weighted by Gasteiger charge is -2.39. The largest absolute Gasteiger partial charge is 0.345 e. The summed E-state index contributed by atoms with van der Waals surface area (Å²) in [4.78, 5) is 19.9. The topological polar surface area (TPSA) is 80.9 Å². The molecule has 1 saturated carbocycles. The van der Waals surface area contributed by atoms with Crippen LogP contribution in [0.15, 0.2) is 18.7 Å². The van der Waals surface area contributed by atoms with Crippen molar-refractivity contribution in [3.8, 4) is 0 Å². The van der Waals surface area contributed by atoms with Crippen molar-refractivity contribution in [1.82, 2.24) is 15.3 Å². The lowest BCUT2D eigenvalue weighted by molar-refractivity contribution is 0.0853. The predicted molar refractivity (Wildman–Crippen MR) is 68.9 cm³/mol. The van der Waals surface area contributed by atoms with E-state index in [0.29, 0.717) is 18.0 Å². The highest BCUT2D eigenvalue weighted by Crippen LogP contribution is 2.31. The summed E-state index contributed by atoms with van der Waals surface area (Å²) < 4.78 is 0. The van der Waals surface area contributed by atoms with E-state index in [4.69, 9.17) is 5.73 Å². The highest BCUT2D eigenvalue weighted by Gasteiger charge is 2.35. The molecule has 0 radical (unpaired) electrons. The summed E-state index contributed by atoms with van der Waals surface area (Å²) >= 11 is 0. The van der Waals surface area contributed by atoms with Gasteiger partial charge in [-0.1, -0.05) is 19.8 Å². The van der Waals surface area contributed by atoms with E-state index in [2.05, 4.69) is 22.2 Å². The van der Waals surface area contributed by atoms with Crippen molar-refractivity contribution in [3.63, 3.8) is 0 Å². The summed E-state index contributed by atoms with van der Waals surface area (Å²) in [7, 11) is 0. The van der Waals surface area contributed by atoms with Gasteiger partial charge in [0, 0.05) is 18.9 Å². The Balaban J connectivity index is 2.08. The Labute approximate surface area is 107 Å². The molecule has 1 heterocycles. The fourth-order valence-electron chi connectivity index (χ4n) is 2.74. The van der Waals surface area contributed by atoms with Crippen molar-refractivity contribution in [2.45, 2.75) is 38.1 Å². The van der Waals surface area contributed by atoms with Crippen LogP contribution in [0.3, 0.4) is 0 Å². The number of hydrogen-bond donors (Lipinski definition) is 2. The van der Waals surface area contributed by atoms with Crippen molar-refractivity contribution < 1.29 is 4.79 Å². The quantitative estimate of drug-likeness (QED) is 0.839. The first-order chi connectivity index (χ1) is 8.65. The van der Waals surface area contributed by atoms with Gasteiger partial charge in [-0.15, -0.1) is 0 Å². The van der Waals surface area contributed by atoms with Crippen molar-refractivity contribution in [2.24, 2.45) is 11.7 Å². The molecule has 2 rings (SSSR count). The average molecular weight is 248 g/mol. The standard InChI is InChI=1S/C13H20N4O/c1-10-3-2-4-13(5-10,8-14)17-12(18)11-6-15-9-16-7-11/h6-7,9-10H,2-5,8,14H2,1H3,(H,17,18). The molecule has 1 aromatic heterocycles. The van der Waals surface area contributed by atoms with Crippen LogP contribution in [0, 0.1) is 5.92 Å². The molecule has 18 heavy (non-hydrogen) atoms. The van der Waals surface area contributed by atoms with Gasteiger partial charge in [0.2, 0.25) is 0 Å². The fraction of sp³-hybridized carbons (Fsp3) is 0.615. The molecule has 1 amide bonds. The summed E-state index contributed by atoms with van der Waals surface area (Å²) in [5, 5.41) is 3.08. The summed E-state index contributed by atoms with van der Waals surface area (Å²) in [6, 6.07) is 0. The first-order valence-corrected chi connectivity index (χ1v) is 6.43. The molecule has 0 bridgehead atoms. The van der Waals surface area contributed by atoms with Crippen LogP contribution in [0.4, 0.5) is 0 Å². The zero-order valence-electron chi connectivity index (χ0n) is 10.7. The van der Waals surface area contributed by atoms with Gasteiger partial charge in [-0.05, 0) is 18.8 Å². The zero-order valence-corrected chi connectivity index (χ0v) is 10.7. The van der Waals surface area contributed by atoms with E-state index in [9.17, 15) is 4.79 Å². The third kappa shape index (κ3) is 2.85. The van der Waals surface area contributed by atoms with Gasteiger partial charge < -0.3 is 11.1 Å². The van der Waals surface area contributed by atoms with Crippen LogP contribution in [0.1, 0.15) is 43.0 Å². The maximum atomic E-state index is 12.1. The van der Waals surface area contributed by atoms with Gasteiger partial charge in [0.15, 0.2) is 0 Å². The molecule has 2 atom stereocenters. The number of nitrogens with two attached hydrogens (primary N) is 1. The smallest absolute Gasteiger partial charge is 0.254 e. The van der Waals surface area contributed by atoms with Gasteiger partial charge in [0.05, 0.1) is 11.1 Å². The molecular weight excluding hydrogens is 228 g/mol. The van der Waals surface area contributed by atoms with E-state index in [1.165, 1.54) is 25.1 Å². The second-order valence-electron chi connectivity index (χ2n) is 5.27. The molecule has 0 aromatic carbocycles. The minimum absolute atomic E-state index is 0.129. The monoisotopic (exact) mass is 248 g/mol. The second-order valence-corrected chi connectivity index (χ2v) is 5.27. The van der Waals surface area contributed by atoms with Gasteiger partial charge in [-0.3, -0.25) is 4.79 Å². The van der Waals surface area contributed by atoms with Crippen LogP contribution in [0.25, 0.3) is 0 Å². The highest BCUT2D eigenvalue weighted by atomic mass is 16.1. The molecule has 0 saturated heterocycles. The van der Waals surface area contributed by atoms with E-state index < -0.39 is 0 Å². The van der Waals surface area contributed by atoms with E-state index >= 15 is 0 Å². The van der Waals surface area contributed by atoms with Crippen LogP contribution in [-0.4, -0.2) is 28.0 Å².